The molecule has 0 spiro atoms. The number of carbonyl (C=O) groups excluding carboxylic acids is 1. The van der Waals surface area contributed by atoms with Crippen LogP contribution < -0.4 is 4.90 Å². The number of aromatic nitrogens is 2. The van der Waals surface area contributed by atoms with E-state index >= 15 is 0 Å². The molecular formula is C17H17N3O. The second-order valence-corrected chi connectivity index (χ2v) is 5.34. The predicted molar refractivity (Wildman–Crippen MR) is 81.8 cm³/mol. The van der Waals surface area contributed by atoms with E-state index in [-0.39, 0.29) is 11.8 Å². The molecule has 1 aliphatic heterocycles. The van der Waals surface area contributed by atoms with Gasteiger partial charge in [0.1, 0.15) is 5.82 Å². The van der Waals surface area contributed by atoms with E-state index in [1.807, 2.05) is 37.4 Å². The van der Waals surface area contributed by atoms with Crippen LogP contribution in [0.4, 0.5) is 5.69 Å². The first kappa shape index (κ1) is 13.4. The van der Waals surface area contributed by atoms with Gasteiger partial charge in [-0.1, -0.05) is 12.1 Å². The summed E-state index contributed by atoms with van der Waals surface area (Å²) in [4.78, 5) is 17.9. The van der Waals surface area contributed by atoms with E-state index in [0.29, 0.717) is 13.0 Å². The van der Waals surface area contributed by atoms with Crippen molar-refractivity contribution in [2.24, 2.45) is 5.92 Å². The minimum Gasteiger partial charge on any atom is -0.331 e. The molecule has 0 radical (unpaired) electrons. The van der Waals surface area contributed by atoms with Crippen molar-refractivity contribution in [2.45, 2.75) is 19.9 Å². The van der Waals surface area contributed by atoms with Gasteiger partial charge in [-0.3, -0.25) is 4.79 Å². The predicted octanol–water partition coefficient (Wildman–Crippen LogP) is 2.23. The highest BCUT2D eigenvalue weighted by Gasteiger charge is 2.29. The van der Waals surface area contributed by atoms with Gasteiger partial charge in [0.15, 0.2) is 0 Å². The molecule has 0 N–H and O–H groups in total. The molecule has 2 heterocycles. The zero-order chi connectivity index (χ0) is 14.8. The third kappa shape index (κ3) is 2.68. The van der Waals surface area contributed by atoms with Crippen LogP contribution in [0.1, 0.15) is 17.8 Å². The lowest BCUT2D eigenvalue weighted by molar-refractivity contribution is -0.117. The second kappa shape index (κ2) is 5.45. The number of imidazole rings is 1. The molecule has 1 atom stereocenters. The Balaban J connectivity index is 1.74. The van der Waals surface area contributed by atoms with Gasteiger partial charge in [0.25, 0.3) is 0 Å². The topological polar surface area (TPSA) is 38.1 Å². The Kier molecular flexibility index (Phi) is 3.49. The summed E-state index contributed by atoms with van der Waals surface area (Å²) in [6, 6.07) is 8.06. The summed E-state index contributed by atoms with van der Waals surface area (Å²) >= 11 is 0. The van der Waals surface area contributed by atoms with E-state index in [4.69, 9.17) is 6.42 Å². The molecule has 1 saturated heterocycles. The zero-order valence-electron chi connectivity index (χ0n) is 12.0. The molecule has 1 unspecified atom stereocenters. The van der Waals surface area contributed by atoms with Gasteiger partial charge in [-0.25, -0.2) is 4.98 Å². The fourth-order valence-corrected chi connectivity index (χ4v) is 2.62. The van der Waals surface area contributed by atoms with Gasteiger partial charge in [-0.05, 0) is 24.6 Å². The average molecular weight is 279 g/mol. The summed E-state index contributed by atoms with van der Waals surface area (Å²) in [7, 11) is 0. The lowest BCUT2D eigenvalue weighted by Crippen LogP contribution is -2.24. The first-order valence-electron chi connectivity index (χ1n) is 7.00. The molecule has 0 aliphatic carbocycles. The summed E-state index contributed by atoms with van der Waals surface area (Å²) in [5.74, 6) is 3.80. The van der Waals surface area contributed by atoms with Crippen molar-refractivity contribution < 1.29 is 4.79 Å². The smallest absolute Gasteiger partial charge is 0.228 e. The highest BCUT2D eigenvalue weighted by atomic mass is 16.2. The summed E-state index contributed by atoms with van der Waals surface area (Å²) in [6.07, 6.45) is 9.62. The number of aryl methyl sites for hydroxylation is 1. The maximum atomic E-state index is 11.9. The number of hydrogen-bond donors (Lipinski definition) is 0. The first-order chi connectivity index (χ1) is 10.2. The number of anilines is 1. The third-order valence-corrected chi connectivity index (χ3v) is 3.89. The van der Waals surface area contributed by atoms with Crippen LogP contribution in [0.3, 0.4) is 0 Å². The fraction of sp³-hybridized carbons (Fsp3) is 0.294. The van der Waals surface area contributed by atoms with Crippen molar-refractivity contribution in [3.63, 3.8) is 0 Å². The molecular weight excluding hydrogens is 262 g/mol. The molecule has 0 bridgehead atoms. The Morgan fingerprint density at radius 3 is 2.71 bits per heavy atom. The van der Waals surface area contributed by atoms with Gasteiger partial charge >= 0.3 is 0 Å². The Labute approximate surface area is 124 Å². The van der Waals surface area contributed by atoms with Gasteiger partial charge < -0.3 is 9.47 Å². The van der Waals surface area contributed by atoms with Crippen LogP contribution in [0.25, 0.3) is 0 Å². The fourth-order valence-electron chi connectivity index (χ4n) is 2.62. The zero-order valence-corrected chi connectivity index (χ0v) is 12.0. The van der Waals surface area contributed by atoms with E-state index in [1.54, 1.807) is 11.1 Å². The summed E-state index contributed by atoms with van der Waals surface area (Å²) in [6.45, 7) is 3.39. The first-order valence-corrected chi connectivity index (χ1v) is 7.00. The van der Waals surface area contributed by atoms with Crippen LogP contribution in [0, 0.1) is 25.2 Å². The van der Waals surface area contributed by atoms with E-state index in [9.17, 15) is 4.79 Å². The van der Waals surface area contributed by atoms with Crippen LogP contribution in [0.5, 0.6) is 0 Å². The molecule has 106 valence electrons. The van der Waals surface area contributed by atoms with Gasteiger partial charge in [0.05, 0.1) is 0 Å². The van der Waals surface area contributed by atoms with Crippen molar-refractivity contribution in [1.29, 1.82) is 0 Å². The molecule has 3 rings (SSSR count). The van der Waals surface area contributed by atoms with Crippen LogP contribution in [-0.2, 0) is 11.3 Å². The van der Waals surface area contributed by atoms with Crippen LogP contribution in [0.2, 0.25) is 0 Å². The molecule has 1 aliphatic rings. The Hall–Kier alpha value is -2.54. The lowest BCUT2D eigenvalue weighted by atomic mass is 10.1. The molecule has 1 aromatic carbocycles. The van der Waals surface area contributed by atoms with Gasteiger partial charge in [0.2, 0.25) is 5.91 Å². The number of hydrogen-bond acceptors (Lipinski definition) is 2. The monoisotopic (exact) mass is 279 g/mol. The number of carbonyl (C=O) groups is 1. The number of nitrogens with zero attached hydrogens (tertiary/aromatic N) is 3. The number of terminal acetylenes is 1. The van der Waals surface area contributed by atoms with Crippen molar-refractivity contribution >= 4 is 11.6 Å². The molecule has 1 fully saturated rings. The van der Waals surface area contributed by atoms with E-state index in [1.165, 1.54) is 5.56 Å². The SMILES string of the molecule is C#CC1CC(=O)N(c2ccc(Cn3ccnc3C)cc2)C1. The summed E-state index contributed by atoms with van der Waals surface area (Å²) in [5.41, 5.74) is 2.10. The highest BCUT2D eigenvalue weighted by molar-refractivity contribution is 5.96. The largest absolute Gasteiger partial charge is 0.331 e. The molecule has 2 aromatic rings. The quantitative estimate of drug-likeness (QED) is 0.808. The maximum absolute atomic E-state index is 11.9. The number of amides is 1. The number of rotatable bonds is 3. The molecule has 1 aromatic heterocycles. The number of benzene rings is 1. The molecule has 4 nitrogen and oxygen atoms in total. The molecule has 21 heavy (non-hydrogen) atoms. The van der Waals surface area contributed by atoms with Gasteiger partial charge in [0, 0.05) is 43.5 Å². The van der Waals surface area contributed by atoms with Crippen molar-refractivity contribution in [1.82, 2.24) is 9.55 Å². The third-order valence-electron chi connectivity index (χ3n) is 3.89. The lowest BCUT2D eigenvalue weighted by Gasteiger charge is -2.16. The summed E-state index contributed by atoms with van der Waals surface area (Å²) < 4.78 is 2.09. The average Bonchev–Trinajstić information content (AvgIpc) is 3.06. The highest BCUT2D eigenvalue weighted by Crippen LogP contribution is 2.25. The van der Waals surface area contributed by atoms with Crippen molar-refractivity contribution in [2.75, 3.05) is 11.4 Å². The summed E-state index contributed by atoms with van der Waals surface area (Å²) in [5, 5.41) is 0. The maximum Gasteiger partial charge on any atom is 0.228 e. The standard InChI is InChI=1S/C17H17N3O/c1-3-14-10-17(21)20(12-14)16-6-4-15(5-7-16)11-19-9-8-18-13(19)2/h1,4-9,14H,10-12H2,2H3. The van der Waals surface area contributed by atoms with E-state index < -0.39 is 0 Å². The minimum absolute atomic E-state index is 0.0331. The molecule has 1 amide bonds. The van der Waals surface area contributed by atoms with E-state index in [0.717, 1.165) is 18.1 Å². The Bertz CT molecular complexity index is 694. The van der Waals surface area contributed by atoms with Crippen LogP contribution in [0.15, 0.2) is 36.7 Å². The minimum atomic E-state index is 0.0331. The van der Waals surface area contributed by atoms with Crippen LogP contribution in [-0.4, -0.2) is 22.0 Å². The van der Waals surface area contributed by atoms with Crippen molar-refractivity contribution in [3.8, 4) is 12.3 Å². The van der Waals surface area contributed by atoms with Gasteiger partial charge in [-0.15, -0.1) is 12.3 Å². The second-order valence-electron chi connectivity index (χ2n) is 5.34. The van der Waals surface area contributed by atoms with Crippen LogP contribution >= 0.6 is 0 Å². The molecule has 4 heteroatoms. The van der Waals surface area contributed by atoms with Gasteiger partial charge in [-0.2, -0.15) is 0 Å². The van der Waals surface area contributed by atoms with Crippen molar-refractivity contribution in [3.05, 3.63) is 48.0 Å². The van der Waals surface area contributed by atoms with E-state index in [2.05, 4.69) is 15.5 Å². The Morgan fingerprint density at radius 1 is 1.38 bits per heavy atom. The Morgan fingerprint density at radius 2 is 2.14 bits per heavy atom. The molecule has 0 saturated carbocycles. The normalized spacial score (nSPS) is 18.0.